The molecule has 0 aliphatic rings. The monoisotopic (exact) mass is 274 g/mol. The van der Waals surface area contributed by atoms with Crippen LogP contribution in [0.2, 0.25) is 0 Å². The Balaban J connectivity index is 2.34. The van der Waals surface area contributed by atoms with Crippen molar-refractivity contribution in [3.05, 3.63) is 35.6 Å². The van der Waals surface area contributed by atoms with Gasteiger partial charge in [-0.25, -0.2) is 4.39 Å². The molecule has 1 aromatic carbocycles. The highest BCUT2D eigenvalue weighted by molar-refractivity contribution is 9.09. The summed E-state index contributed by atoms with van der Waals surface area (Å²) < 4.78 is 18.7. The summed E-state index contributed by atoms with van der Waals surface area (Å²) in [6.07, 6.45) is 1.07. The van der Waals surface area contributed by atoms with Gasteiger partial charge in [0.05, 0.1) is 13.2 Å². The maximum absolute atomic E-state index is 13.2. The fraction of sp³-hybridized carbons (Fsp3) is 0.500. The van der Waals surface area contributed by atoms with Gasteiger partial charge in [0.25, 0.3) is 0 Å². The smallest absolute Gasteiger partial charge is 0.128 e. The van der Waals surface area contributed by atoms with Crippen LogP contribution in [-0.4, -0.2) is 11.9 Å². The molecule has 1 nitrogen and oxygen atoms in total. The second kappa shape index (κ2) is 6.96. The largest absolute Gasteiger partial charge is 0.376 e. The van der Waals surface area contributed by atoms with Crippen molar-refractivity contribution in [2.45, 2.75) is 20.0 Å². The van der Waals surface area contributed by atoms with Crippen molar-refractivity contribution in [3.8, 4) is 0 Å². The molecule has 0 aliphatic heterocycles. The minimum absolute atomic E-state index is 0.190. The summed E-state index contributed by atoms with van der Waals surface area (Å²) in [5.41, 5.74) is 0.627. The summed E-state index contributed by atoms with van der Waals surface area (Å²) in [4.78, 5) is 0. The molecule has 84 valence electrons. The number of hydrogen-bond acceptors (Lipinski definition) is 1. The van der Waals surface area contributed by atoms with Crippen molar-refractivity contribution in [2.75, 3.05) is 11.9 Å². The lowest BCUT2D eigenvalue weighted by Crippen LogP contribution is -2.10. The molecular formula is C12H16BrFO. The average molecular weight is 275 g/mol. The minimum atomic E-state index is -0.190. The van der Waals surface area contributed by atoms with E-state index in [0.717, 1.165) is 11.8 Å². The van der Waals surface area contributed by atoms with Gasteiger partial charge in [-0.2, -0.15) is 0 Å². The first-order valence-corrected chi connectivity index (χ1v) is 6.27. The second-order valence-corrected chi connectivity index (χ2v) is 4.18. The zero-order valence-corrected chi connectivity index (χ0v) is 10.5. The molecule has 3 heteroatoms. The van der Waals surface area contributed by atoms with Crippen molar-refractivity contribution in [1.29, 1.82) is 0 Å². The highest BCUT2D eigenvalue weighted by Gasteiger charge is 2.05. The SMILES string of the molecule is CCC(CBr)COCc1ccccc1F. The van der Waals surface area contributed by atoms with Crippen LogP contribution >= 0.6 is 15.9 Å². The maximum Gasteiger partial charge on any atom is 0.128 e. The standard InChI is InChI=1S/C12H16BrFO/c1-2-10(7-13)8-15-9-11-5-3-4-6-12(11)14/h3-6,10H,2,7-9H2,1H3. The molecule has 0 N–H and O–H groups in total. The van der Waals surface area contributed by atoms with Gasteiger partial charge in [0.1, 0.15) is 5.82 Å². The van der Waals surface area contributed by atoms with Crippen molar-refractivity contribution < 1.29 is 9.13 Å². The van der Waals surface area contributed by atoms with Gasteiger partial charge < -0.3 is 4.74 Å². The van der Waals surface area contributed by atoms with Crippen LogP contribution in [0.4, 0.5) is 4.39 Å². The Morgan fingerprint density at radius 3 is 2.73 bits per heavy atom. The second-order valence-electron chi connectivity index (χ2n) is 3.54. The minimum Gasteiger partial charge on any atom is -0.376 e. The predicted octanol–water partition coefficient (Wildman–Crippen LogP) is 3.76. The molecular weight excluding hydrogens is 259 g/mol. The molecule has 0 fully saturated rings. The van der Waals surface area contributed by atoms with Crippen LogP contribution in [0, 0.1) is 11.7 Å². The van der Waals surface area contributed by atoms with E-state index < -0.39 is 0 Å². The quantitative estimate of drug-likeness (QED) is 0.718. The van der Waals surface area contributed by atoms with E-state index in [4.69, 9.17) is 4.74 Å². The van der Waals surface area contributed by atoms with Gasteiger partial charge in [-0.1, -0.05) is 47.5 Å². The Hall–Kier alpha value is -0.410. The van der Waals surface area contributed by atoms with E-state index in [9.17, 15) is 4.39 Å². The van der Waals surface area contributed by atoms with Crippen molar-refractivity contribution in [1.82, 2.24) is 0 Å². The van der Waals surface area contributed by atoms with Gasteiger partial charge >= 0.3 is 0 Å². The predicted molar refractivity (Wildman–Crippen MR) is 63.6 cm³/mol. The molecule has 1 unspecified atom stereocenters. The van der Waals surface area contributed by atoms with Gasteiger partial charge in [0.15, 0.2) is 0 Å². The topological polar surface area (TPSA) is 9.23 Å². The van der Waals surface area contributed by atoms with Crippen LogP contribution < -0.4 is 0 Å². The van der Waals surface area contributed by atoms with E-state index in [2.05, 4.69) is 22.9 Å². The van der Waals surface area contributed by atoms with Crippen molar-refractivity contribution >= 4 is 15.9 Å². The summed E-state index contributed by atoms with van der Waals surface area (Å²) in [5, 5.41) is 0.931. The Morgan fingerprint density at radius 1 is 1.40 bits per heavy atom. The Morgan fingerprint density at radius 2 is 2.13 bits per heavy atom. The third kappa shape index (κ3) is 4.31. The Labute approximate surface area is 98.8 Å². The third-order valence-corrected chi connectivity index (χ3v) is 3.28. The summed E-state index contributed by atoms with van der Waals surface area (Å²) >= 11 is 3.42. The van der Waals surface area contributed by atoms with Gasteiger partial charge in [-0.3, -0.25) is 0 Å². The van der Waals surface area contributed by atoms with Crippen LogP contribution in [0.15, 0.2) is 24.3 Å². The van der Waals surface area contributed by atoms with E-state index in [1.165, 1.54) is 6.07 Å². The van der Waals surface area contributed by atoms with Crippen molar-refractivity contribution in [2.24, 2.45) is 5.92 Å². The number of rotatable bonds is 6. The molecule has 1 rings (SSSR count). The first-order valence-electron chi connectivity index (χ1n) is 5.15. The fourth-order valence-corrected chi connectivity index (χ4v) is 1.87. The zero-order chi connectivity index (χ0) is 11.1. The Bertz CT molecular complexity index is 287. The van der Waals surface area contributed by atoms with Gasteiger partial charge in [-0.15, -0.1) is 0 Å². The lowest BCUT2D eigenvalue weighted by Gasteiger charge is -2.11. The molecule has 0 amide bonds. The van der Waals surface area contributed by atoms with E-state index in [-0.39, 0.29) is 5.82 Å². The molecule has 0 aromatic heterocycles. The third-order valence-electron chi connectivity index (χ3n) is 2.36. The summed E-state index contributed by atoms with van der Waals surface area (Å²) in [6, 6.07) is 6.72. The molecule has 0 aliphatic carbocycles. The molecule has 15 heavy (non-hydrogen) atoms. The van der Waals surface area contributed by atoms with E-state index in [1.54, 1.807) is 12.1 Å². The first kappa shape index (κ1) is 12.7. The first-order chi connectivity index (χ1) is 7.27. The Kier molecular flexibility index (Phi) is 5.88. The highest BCUT2D eigenvalue weighted by Crippen LogP contribution is 2.11. The molecule has 0 saturated heterocycles. The number of hydrogen-bond donors (Lipinski definition) is 0. The molecule has 0 heterocycles. The molecule has 1 aromatic rings. The molecule has 0 spiro atoms. The average Bonchev–Trinajstić information content (AvgIpc) is 2.27. The van der Waals surface area contributed by atoms with Crippen LogP contribution in [0.3, 0.4) is 0 Å². The number of benzene rings is 1. The van der Waals surface area contributed by atoms with Crippen molar-refractivity contribution in [3.63, 3.8) is 0 Å². The summed E-state index contributed by atoms with van der Waals surface area (Å²) in [5.74, 6) is 0.321. The van der Waals surface area contributed by atoms with Crippen LogP contribution in [0.1, 0.15) is 18.9 Å². The normalized spacial score (nSPS) is 12.7. The van der Waals surface area contributed by atoms with E-state index in [0.29, 0.717) is 24.7 Å². The van der Waals surface area contributed by atoms with E-state index >= 15 is 0 Å². The van der Waals surface area contributed by atoms with Crippen LogP contribution in [0.25, 0.3) is 0 Å². The zero-order valence-electron chi connectivity index (χ0n) is 8.88. The maximum atomic E-state index is 13.2. The van der Waals surface area contributed by atoms with Gasteiger partial charge in [-0.05, 0) is 12.0 Å². The highest BCUT2D eigenvalue weighted by atomic mass is 79.9. The molecule has 0 radical (unpaired) electrons. The molecule has 1 atom stereocenters. The number of alkyl halides is 1. The summed E-state index contributed by atoms with van der Waals surface area (Å²) in [6.45, 7) is 3.16. The van der Waals surface area contributed by atoms with Crippen LogP contribution in [0.5, 0.6) is 0 Å². The summed E-state index contributed by atoms with van der Waals surface area (Å²) in [7, 11) is 0. The fourth-order valence-electron chi connectivity index (χ4n) is 1.22. The lowest BCUT2D eigenvalue weighted by atomic mass is 10.1. The number of ether oxygens (including phenoxy) is 1. The van der Waals surface area contributed by atoms with Gasteiger partial charge in [0.2, 0.25) is 0 Å². The van der Waals surface area contributed by atoms with E-state index in [1.807, 2.05) is 6.07 Å². The number of halogens is 2. The lowest BCUT2D eigenvalue weighted by molar-refractivity contribution is 0.0907. The molecule has 0 bridgehead atoms. The van der Waals surface area contributed by atoms with Gasteiger partial charge in [0, 0.05) is 10.9 Å². The van der Waals surface area contributed by atoms with Crippen LogP contribution in [-0.2, 0) is 11.3 Å². The molecule has 0 saturated carbocycles.